The Morgan fingerprint density at radius 2 is 1.65 bits per heavy atom. The van der Waals surface area contributed by atoms with Crippen LogP contribution < -0.4 is 14.8 Å². The first-order valence-corrected chi connectivity index (χ1v) is 10.2. The van der Waals surface area contributed by atoms with E-state index < -0.39 is 0 Å². The van der Waals surface area contributed by atoms with Gasteiger partial charge in [0.1, 0.15) is 11.5 Å². The zero-order chi connectivity index (χ0) is 21.6. The Morgan fingerprint density at radius 3 is 2.35 bits per heavy atom. The van der Waals surface area contributed by atoms with Crippen molar-refractivity contribution >= 4 is 16.8 Å². The molecule has 5 nitrogen and oxygen atoms in total. The number of carbonyl (C=O) groups is 1. The summed E-state index contributed by atoms with van der Waals surface area (Å²) in [5, 5.41) is 3.85. The van der Waals surface area contributed by atoms with Crippen molar-refractivity contribution in [2.75, 3.05) is 13.7 Å². The summed E-state index contributed by atoms with van der Waals surface area (Å²) in [4.78, 5) is 17.9. The molecule has 0 fully saturated rings. The van der Waals surface area contributed by atoms with Gasteiger partial charge in [0.15, 0.2) is 0 Å². The lowest BCUT2D eigenvalue weighted by molar-refractivity contribution is 0.0952. The molecule has 0 aliphatic rings. The number of pyridine rings is 1. The maximum absolute atomic E-state index is 13.1. The van der Waals surface area contributed by atoms with Crippen LogP contribution in [0.4, 0.5) is 0 Å². The van der Waals surface area contributed by atoms with E-state index >= 15 is 0 Å². The van der Waals surface area contributed by atoms with Gasteiger partial charge in [-0.15, -0.1) is 0 Å². The Morgan fingerprint density at radius 1 is 0.935 bits per heavy atom. The molecule has 1 amide bonds. The first-order chi connectivity index (χ1) is 15.2. The minimum Gasteiger partial charge on any atom is -0.497 e. The Kier molecular flexibility index (Phi) is 6.13. The van der Waals surface area contributed by atoms with Crippen LogP contribution in [0.25, 0.3) is 22.2 Å². The van der Waals surface area contributed by atoms with Crippen molar-refractivity contribution in [1.82, 2.24) is 10.3 Å². The normalized spacial score (nSPS) is 10.6. The first-order valence-electron chi connectivity index (χ1n) is 10.2. The molecule has 1 aromatic heterocycles. The number of fused-ring (bicyclic) bond motifs is 1. The SMILES string of the molecule is CCOc1ccc(-c2cc(C(=O)NCc3ccc(OC)cc3)c3ccccc3n2)cc1. The van der Waals surface area contributed by atoms with Crippen molar-refractivity contribution in [1.29, 1.82) is 0 Å². The molecule has 0 unspecified atom stereocenters. The minimum atomic E-state index is -0.137. The van der Waals surface area contributed by atoms with Gasteiger partial charge in [-0.3, -0.25) is 4.79 Å². The van der Waals surface area contributed by atoms with Gasteiger partial charge in [0.2, 0.25) is 0 Å². The Balaban J connectivity index is 1.63. The number of ether oxygens (including phenoxy) is 2. The van der Waals surface area contributed by atoms with Crippen LogP contribution in [-0.4, -0.2) is 24.6 Å². The summed E-state index contributed by atoms with van der Waals surface area (Å²) in [5.74, 6) is 1.46. The molecule has 0 bridgehead atoms. The predicted octanol–water partition coefficient (Wildman–Crippen LogP) is 5.24. The van der Waals surface area contributed by atoms with Crippen LogP contribution in [0.15, 0.2) is 78.9 Å². The molecule has 0 saturated carbocycles. The number of carbonyl (C=O) groups excluding carboxylic acids is 1. The molecule has 4 rings (SSSR count). The zero-order valence-corrected chi connectivity index (χ0v) is 17.6. The third-order valence-electron chi connectivity index (χ3n) is 5.03. The van der Waals surface area contributed by atoms with Crippen molar-refractivity contribution in [2.45, 2.75) is 13.5 Å². The van der Waals surface area contributed by atoms with E-state index in [1.54, 1.807) is 7.11 Å². The quantitative estimate of drug-likeness (QED) is 0.451. The highest BCUT2D eigenvalue weighted by molar-refractivity contribution is 6.07. The second-order valence-corrected chi connectivity index (χ2v) is 7.06. The lowest BCUT2D eigenvalue weighted by Crippen LogP contribution is -2.23. The molecule has 31 heavy (non-hydrogen) atoms. The van der Waals surface area contributed by atoms with Crippen molar-refractivity contribution < 1.29 is 14.3 Å². The highest BCUT2D eigenvalue weighted by Gasteiger charge is 2.14. The molecular weight excluding hydrogens is 388 g/mol. The third kappa shape index (κ3) is 4.67. The Bertz CT molecular complexity index is 1190. The fourth-order valence-corrected chi connectivity index (χ4v) is 3.42. The maximum atomic E-state index is 13.1. The first kappa shape index (κ1) is 20.4. The van der Waals surface area contributed by atoms with Crippen LogP contribution in [0.5, 0.6) is 11.5 Å². The number of hydrogen-bond acceptors (Lipinski definition) is 4. The Hall–Kier alpha value is -3.86. The molecule has 0 radical (unpaired) electrons. The number of hydrogen-bond donors (Lipinski definition) is 1. The molecule has 0 aliphatic heterocycles. The predicted molar refractivity (Wildman–Crippen MR) is 123 cm³/mol. The monoisotopic (exact) mass is 412 g/mol. The molecule has 3 aromatic carbocycles. The molecule has 0 spiro atoms. The lowest BCUT2D eigenvalue weighted by atomic mass is 10.0. The number of methoxy groups -OCH3 is 1. The molecule has 0 atom stereocenters. The summed E-state index contributed by atoms with van der Waals surface area (Å²) in [6.07, 6.45) is 0. The lowest BCUT2D eigenvalue weighted by Gasteiger charge is -2.11. The number of nitrogens with one attached hydrogen (secondary N) is 1. The molecule has 0 saturated heterocycles. The number of aromatic nitrogens is 1. The molecule has 4 aromatic rings. The van der Waals surface area contributed by atoms with Gasteiger partial charge >= 0.3 is 0 Å². The van der Waals surface area contributed by atoms with Gasteiger partial charge < -0.3 is 14.8 Å². The van der Waals surface area contributed by atoms with E-state index in [9.17, 15) is 4.79 Å². The van der Waals surface area contributed by atoms with Gasteiger partial charge in [-0.05, 0) is 61.0 Å². The van der Waals surface area contributed by atoms with Crippen LogP contribution in [0.1, 0.15) is 22.8 Å². The topological polar surface area (TPSA) is 60.5 Å². The van der Waals surface area contributed by atoms with Crippen LogP contribution in [0.2, 0.25) is 0 Å². The van der Waals surface area contributed by atoms with E-state index in [-0.39, 0.29) is 5.91 Å². The van der Waals surface area contributed by atoms with Gasteiger partial charge in [-0.1, -0.05) is 30.3 Å². The molecular formula is C26H24N2O3. The summed E-state index contributed by atoms with van der Waals surface area (Å²) in [6.45, 7) is 3.00. The molecule has 5 heteroatoms. The smallest absolute Gasteiger partial charge is 0.252 e. The van der Waals surface area contributed by atoms with E-state index in [1.807, 2.05) is 85.8 Å². The fraction of sp³-hybridized carbons (Fsp3) is 0.154. The van der Waals surface area contributed by atoms with Crippen LogP contribution in [-0.2, 0) is 6.54 Å². The summed E-state index contributed by atoms with van der Waals surface area (Å²) in [5.41, 5.74) is 4.06. The van der Waals surface area contributed by atoms with E-state index in [1.165, 1.54) is 0 Å². The summed E-state index contributed by atoms with van der Waals surface area (Å²) < 4.78 is 10.7. The van der Waals surface area contributed by atoms with Crippen LogP contribution in [0, 0.1) is 0 Å². The van der Waals surface area contributed by atoms with Crippen LogP contribution >= 0.6 is 0 Å². The number of nitrogens with zero attached hydrogens (tertiary/aromatic N) is 1. The molecule has 156 valence electrons. The fourth-order valence-electron chi connectivity index (χ4n) is 3.42. The number of para-hydroxylation sites is 1. The van der Waals surface area contributed by atoms with E-state index in [4.69, 9.17) is 14.5 Å². The van der Waals surface area contributed by atoms with E-state index in [0.717, 1.165) is 39.2 Å². The van der Waals surface area contributed by atoms with Gasteiger partial charge in [0, 0.05) is 17.5 Å². The third-order valence-corrected chi connectivity index (χ3v) is 5.03. The summed E-state index contributed by atoms with van der Waals surface area (Å²) in [6, 6.07) is 24.9. The van der Waals surface area contributed by atoms with E-state index in [0.29, 0.717) is 18.7 Å². The average Bonchev–Trinajstić information content (AvgIpc) is 2.83. The molecule has 1 N–H and O–H groups in total. The van der Waals surface area contributed by atoms with Gasteiger partial charge in [-0.25, -0.2) is 4.98 Å². The number of rotatable bonds is 7. The van der Waals surface area contributed by atoms with Crippen molar-refractivity contribution in [3.8, 4) is 22.8 Å². The second-order valence-electron chi connectivity index (χ2n) is 7.06. The highest BCUT2D eigenvalue weighted by Crippen LogP contribution is 2.26. The van der Waals surface area contributed by atoms with Crippen molar-refractivity contribution in [2.24, 2.45) is 0 Å². The van der Waals surface area contributed by atoms with Crippen molar-refractivity contribution in [3.63, 3.8) is 0 Å². The average molecular weight is 412 g/mol. The van der Waals surface area contributed by atoms with Gasteiger partial charge in [0.05, 0.1) is 30.5 Å². The second kappa shape index (κ2) is 9.30. The van der Waals surface area contributed by atoms with Gasteiger partial charge in [-0.2, -0.15) is 0 Å². The van der Waals surface area contributed by atoms with Crippen molar-refractivity contribution in [3.05, 3.63) is 90.0 Å². The number of benzene rings is 3. The summed E-state index contributed by atoms with van der Waals surface area (Å²) in [7, 11) is 1.63. The highest BCUT2D eigenvalue weighted by atomic mass is 16.5. The zero-order valence-electron chi connectivity index (χ0n) is 17.6. The van der Waals surface area contributed by atoms with Crippen LogP contribution in [0.3, 0.4) is 0 Å². The summed E-state index contributed by atoms with van der Waals surface area (Å²) >= 11 is 0. The maximum Gasteiger partial charge on any atom is 0.252 e. The Labute approximate surface area is 181 Å². The minimum absolute atomic E-state index is 0.137. The number of amides is 1. The van der Waals surface area contributed by atoms with Gasteiger partial charge in [0.25, 0.3) is 5.91 Å². The molecule has 1 heterocycles. The standard InChI is InChI=1S/C26H24N2O3/c1-3-31-21-14-10-19(11-15-21)25-16-23(22-6-4-5-7-24(22)28-25)26(29)27-17-18-8-12-20(30-2)13-9-18/h4-16H,3,17H2,1-2H3,(H,27,29). The van der Waals surface area contributed by atoms with E-state index in [2.05, 4.69) is 5.32 Å². The molecule has 0 aliphatic carbocycles. The largest absolute Gasteiger partial charge is 0.497 e.